The molecule has 3 rings (SSSR count). The van der Waals surface area contributed by atoms with Gasteiger partial charge in [0, 0.05) is 13.1 Å². The Kier molecular flexibility index (Phi) is 4.05. The molecule has 4 amide bonds. The average molecular weight is 319 g/mol. The van der Waals surface area contributed by atoms with E-state index in [2.05, 4.69) is 5.32 Å². The zero-order valence-corrected chi connectivity index (χ0v) is 12.7. The van der Waals surface area contributed by atoms with E-state index in [1.165, 1.54) is 12.0 Å². The Morgan fingerprint density at radius 1 is 1.26 bits per heavy atom. The van der Waals surface area contributed by atoms with E-state index in [4.69, 9.17) is 9.47 Å². The van der Waals surface area contributed by atoms with Crippen LogP contribution in [0.4, 0.5) is 4.79 Å². The number of benzene rings is 1. The van der Waals surface area contributed by atoms with Crippen molar-refractivity contribution in [3.05, 3.63) is 24.3 Å². The monoisotopic (exact) mass is 319 g/mol. The molecule has 122 valence electrons. The molecule has 23 heavy (non-hydrogen) atoms. The number of hydrogen-bond acceptors (Lipinski definition) is 5. The second-order valence-corrected chi connectivity index (χ2v) is 5.31. The number of carbonyl (C=O) groups excluding carboxylic acids is 3. The van der Waals surface area contributed by atoms with Crippen LogP contribution in [0, 0.1) is 0 Å². The number of nitrogens with zero attached hydrogens (tertiary/aromatic N) is 2. The van der Waals surface area contributed by atoms with Gasteiger partial charge in [0.1, 0.15) is 0 Å². The van der Waals surface area contributed by atoms with Crippen molar-refractivity contribution in [3.63, 3.8) is 0 Å². The molecular weight excluding hydrogens is 302 g/mol. The summed E-state index contributed by atoms with van der Waals surface area (Å²) in [6.07, 6.45) is 0. The number of para-hydroxylation sites is 2. The number of imide groups is 1. The Bertz CT molecular complexity index is 626. The molecule has 0 saturated carbocycles. The number of likely N-dealkylation sites (tertiary alicyclic amines) is 1. The standard InChI is InChI=1S/C15H17N3O5/c1-22-11-4-2-3-5-12(11)23-9-14(20)17-7-10(8-17)18-13(19)6-16-15(18)21/h2-5,10H,6-9H2,1H3,(H,16,21). The fourth-order valence-corrected chi connectivity index (χ4v) is 2.60. The van der Waals surface area contributed by atoms with Crippen molar-refractivity contribution in [2.24, 2.45) is 0 Å². The summed E-state index contributed by atoms with van der Waals surface area (Å²) in [6.45, 7) is 0.591. The minimum atomic E-state index is -0.391. The van der Waals surface area contributed by atoms with Crippen molar-refractivity contribution in [1.29, 1.82) is 0 Å². The molecule has 0 radical (unpaired) electrons. The van der Waals surface area contributed by atoms with Gasteiger partial charge in [-0.1, -0.05) is 12.1 Å². The van der Waals surface area contributed by atoms with Crippen LogP contribution in [0.25, 0.3) is 0 Å². The van der Waals surface area contributed by atoms with E-state index in [1.807, 2.05) is 6.07 Å². The summed E-state index contributed by atoms with van der Waals surface area (Å²) < 4.78 is 10.6. The van der Waals surface area contributed by atoms with Crippen molar-refractivity contribution in [1.82, 2.24) is 15.1 Å². The van der Waals surface area contributed by atoms with Crippen LogP contribution in [0.3, 0.4) is 0 Å². The Balaban J connectivity index is 1.49. The number of methoxy groups -OCH3 is 1. The molecule has 1 aromatic rings. The molecule has 0 unspecified atom stereocenters. The van der Waals surface area contributed by atoms with Crippen LogP contribution in [0.15, 0.2) is 24.3 Å². The zero-order valence-electron chi connectivity index (χ0n) is 12.7. The minimum absolute atomic E-state index is 0.0280. The smallest absolute Gasteiger partial charge is 0.324 e. The average Bonchev–Trinajstić information content (AvgIpc) is 2.84. The SMILES string of the molecule is COc1ccccc1OCC(=O)N1CC(N2C(=O)CNC2=O)C1. The molecule has 8 nitrogen and oxygen atoms in total. The second-order valence-electron chi connectivity index (χ2n) is 5.31. The maximum absolute atomic E-state index is 12.1. The first-order valence-electron chi connectivity index (χ1n) is 7.23. The van der Waals surface area contributed by atoms with Gasteiger partial charge in [0.2, 0.25) is 5.91 Å². The lowest BCUT2D eigenvalue weighted by molar-refractivity contribution is -0.143. The van der Waals surface area contributed by atoms with E-state index in [0.29, 0.717) is 24.6 Å². The van der Waals surface area contributed by atoms with Crippen LogP contribution in [-0.2, 0) is 9.59 Å². The largest absolute Gasteiger partial charge is 0.493 e. The highest BCUT2D eigenvalue weighted by atomic mass is 16.5. The minimum Gasteiger partial charge on any atom is -0.493 e. The number of urea groups is 1. The maximum atomic E-state index is 12.1. The van der Waals surface area contributed by atoms with E-state index in [0.717, 1.165) is 0 Å². The Labute approximate surface area is 132 Å². The van der Waals surface area contributed by atoms with Gasteiger partial charge in [0.15, 0.2) is 18.1 Å². The fourth-order valence-electron chi connectivity index (χ4n) is 2.60. The van der Waals surface area contributed by atoms with Crippen molar-refractivity contribution in [2.45, 2.75) is 6.04 Å². The van der Waals surface area contributed by atoms with Crippen molar-refractivity contribution < 1.29 is 23.9 Å². The van der Waals surface area contributed by atoms with Gasteiger partial charge in [-0.15, -0.1) is 0 Å². The van der Waals surface area contributed by atoms with Gasteiger partial charge >= 0.3 is 6.03 Å². The summed E-state index contributed by atoms with van der Waals surface area (Å²) in [4.78, 5) is 37.9. The molecule has 0 spiro atoms. The molecule has 0 bridgehead atoms. The van der Waals surface area contributed by atoms with Crippen LogP contribution in [0.5, 0.6) is 11.5 Å². The lowest BCUT2D eigenvalue weighted by Crippen LogP contribution is -2.63. The van der Waals surface area contributed by atoms with Gasteiger partial charge < -0.3 is 19.7 Å². The molecule has 2 fully saturated rings. The quantitative estimate of drug-likeness (QED) is 0.762. The van der Waals surface area contributed by atoms with Crippen molar-refractivity contribution in [3.8, 4) is 11.5 Å². The summed E-state index contributed by atoms with van der Waals surface area (Å²) in [5, 5.41) is 2.47. The predicted molar refractivity (Wildman–Crippen MR) is 79.1 cm³/mol. The Morgan fingerprint density at radius 2 is 1.96 bits per heavy atom. The summed E-state index contributed by atoms with van der Waals surface area (Å²) in [6, 6.07) is 6.43. The highest BCUT2D eigenvalue weighted by Gasteiger charge is 2.42. The van der Waals surface area contributed by atoms with E-state index < -0.39 is 6.03 Å². The Morgan fingerprint density at radius 3 is 2.57 bits per heavy atom. The molecule has 2 saturated heterocycles. The lowest BCUT2D eigenvalue weighted by Gasteiger charge is -2.42. The van der Waals surface area contributed by atoms with Gasteiger partial charge in [-0.25, -0.2) is 4.79 Å². The van der Waals surface area contributed by atoms with Gasteiger partial charge in [0.05, 0.1) is 19.7 Å². The van der Waals surface area contributed by atoms with Gasteiger partial charge in [-0.3, -0.25) is 14.5 Å². The number of amides is 4. The molecule has 0 aliphatic carbocycles. The number of rotatable bonds is 5. The van der Waals surface area contributed by atoms with Gasteiger partial charge in [-0.2, -0.15) is 0 Å². The first kappa shape index (κ1) is 15.1. The van der Waals surface area contributed by atoms with E-state index in [1.54, 1.807) is 23.1 Å². The van der Waals surface area contributed by atoms with E-state index in [-0.39, 0.29) is 31.0 Å². The molecule has 2 aliphatic heterocycles. The lowest BCUT2D eigenvalue weighted by atomic mass is 10.1. The van der Waals surface area contributed by atoms with Crippen LogP contribution >= 0.6 is 0 Å². The predicted octanol–water partition coefficient (Wildman–Crippen LogP) is -0.163. The van der Waals surface area contributed by atoms with Gasteiger partial charge in [0.25, 0.3) is 5.91 Å². The fraction of sp³-hybridized carbons (Fsp3) is 0.400. The topological polar surface area (TPSA) is 88.2 Å². The number of hydrogen-bond donors (Lipinski definition) is 1. The van der Waals surface area contributed by atoms with Crippen LogP contribution in [-0.4, -0.2) is 67.0 Å². The van der Waals surface area contributed by atoms with Crippen LogP contribution in [0.1, 0.15) is 0 Å². The highest BCUT2D eigenvalue weighted by molar-refractivity contribution is 6.02. The number of ether oxygens (including phenoxy) is 2. The third kappa shape index (κ3) is 2.92. The van der Waals surface area contributed by atoms with Crippen molar-refractivity contribution in [2.75, 3.05) is 33.4 Å². The first-order chi connectivity index (χ1) is 11.1. The molecule has 0 aromatic heterocycles. The van der Waals surface area contributed by atoms with Crippen LogP contribution < -0.4 is 14.8 Å². The Hall–Kier alpha value is -2.77. The van der Waals surface area contributed by atoms with Crippen LogP contribution in [0.2, 0.25) is 0 Å². The molecule has 1 N–H and O–H groups in total. The zero-order chi connectivity index (χ0) is 16.4. The maximum Gasteiger partial charge on any atom is 0.324 e. The van der Waals surface area contributed by atoms with Crippen molar-refractivity contribution >= 4 is 17.8 Å². The summed E-state index contributed by atoms with van der Waals surface area (Å²) in [7, 11) is 1.53. The number of nitrogens with one attached hydrogen (secondary N) is 1. The molecule has 0 atom stereocenters. The highest BCUT2D eigenvalue weighted by Crippen LogP contribution is 2.26. The summed E-state index contributed by atoms with van der Waals surface area (Å²) in [5.74, 6) is 0.604. The molecule has 2 aliphatic rings. The second kappa shape index (κ2) is 6.15. The molecule has 8 heteroatoms. The summed E-state index contributed by atoms with van der Waals surface area (Å²) >= 11 is 0. The van der Waals surface area contributed by atoms with Gasteiger partial charge in [-0.05, 0) is 12.1 Å². The molecule has 2 heterocycles. The molecular formula is C15H17N3O5. The normalized spacial score (nSPS) is 17.8. The summed E-state index contributed by atoms with van der Waals surface area (Å²) in [5.41, 5.74) is 0. The number of carbonyl (C=O) groups is 3. The van der Waals surface area contributed by atoms with E-state index in [9.17, 15) is 14.4 Å². The third-order valence-corrected chi connectivity index (χ3v) is 3.88. The third-order valence-electron chi connectivity index (χ3n) is 3.88. The molecule has 1 aromatic carbocycles. The van der Waals surface area contributed by atoms with E-state index >= 15 is 0 Å². The first-order valence-corrected chi connectivity index (χ1v) is 7.23.